The summed E-state index contributed by atoms with van der Waals surface area (Å²) in [5, 5.41) is 9.51. The number of likely N-dealkylation sites (tertiary alicyclic amines) is 1. The van der Waals surface area contributed by atoms with Crippen molar-refractivity contribution in [2.75, 3.05) is 13.1 Å². The van der Waals surface area contributed by atoms with Gasteiger partial charge in [-0.1, -0.05) is 12.1 Å². The number of carbonyl (C=O) groups excluding carboxylic acids is 1. The Morgan fingerprint density at radius 1 is 1.23 bits per heavy atom. The third kappa shape index (κ3) is 3.37. The van der Waals surface area contributed by atoms with Crippen molar-refractivity contribution in [3.05, 3.63) is 69.9 Å². The van der Waals surface area contributed by atoms with E-state index in [1.165, 1.54) is 33.7 Å². The van der Waals surface area contributed by atoms with Crippen LogP contribution >= 0.6 is 0 Å². The fourth-order valence-corrected chi connectivity index (χ4v) is 3.38. The number of carboxylic acid groups (broad SMARTS) is 1. The van der Waals surface area contributed by atoms with Gasteiger partial charge < -0.3 is 14.6 Å². The van der Waals surface area contributed by atoms with Gasteiger partial charge in [0.2, 0.25) is 0 Å². The number of aryl methyl sites for hydroxylation is 1. The molecule has 1 N–H and O–H groups in total. The first-order valence-corrected chi connectivity index (χ1v) is 8.38. The number of benzene rings is 1. The van der Waals surface area contributed by atoms with Crippen molar-refractivity contribution >= 4 is 11.9 Å². The monoisotopic (exact) mass is 358 g/mol. The van der Waals surface area contributed by atoms with Gasteiger partial charge in [-0.05, 0) is 30.7 Å². The quantitative estimate of drug-likeness (QED) is 0.906. The number of rotatable bonds is 4. The third-order valence-corrected chi connectivity index (χ3v) is 4.78. The predicted octanol–water partition coefficient (Wildman–Crippen LogP) is 1.95. The fourth-order valence-electron chi connectivity index (χ4n) is 3.38. The molecule has 1 aliphatic rings. The Bertz CT molecular complexity index is 908. The average molecular weight is 358 g/mol. The van der Waals surface area contributed by atoms with E-state index in [2.05, 4.69) is 0 Å². The maximum Gasteiger partial charge on any atom is 0.308 e. The van der Waals surface area contributed by atoms with Gasteiger partial charge in [0, 0.05) is 43.4 Å². The molecule has 0 radical (unpaired) electrons. The van der Waals surface area contributed by atoms with Crippen molar-refractivity contribution in [2.24, 2.45) is 5.92 Å². The van der Waals surface area contributed by atoms with Gasteiger partial charge in [0.05, 0.1) is 5.92 Å². The van der Waals surface area contributed by atoms with Crippen LogP contribution in [0, 0.1) is 11.7 Å². The number of hydrogen-bond acceptors (Lipinski definition) is 3. The van der Waals surface area contributed by atoms with Crippen molar-refractivity contribution < 1.29 is 19.1 Å². The predicted molar refractivity (Wildman–Crippen MR) is 92.5 cm³/mol. The van der Waals surface area contributed by atoms with Crippen LogP contribution in [0.1, 0.15) is 28.8 Å². The molecule has 1 aliphatic heterocycles. The lowest BCUT2D eigenvalue weighted by molar-refractivity contribution is -0.141. The van der Waals surface area contributed by atoms with Crippen LogP contribution in [-0.4, -0.2) is 39.5 Å². The Labute approximate surface area is 149 Å². The lowest BCUT2D eigenvalue weighted by Gasteiger charge is -2.17. The van der Waals surface area contributed by atoms with E-state index in [0.29, 0.717) is 12.1 Å². The summed E-state index contributed by atoms with van der Waals surface area (Å²) in [4.78, 5) is 37.7. The maximum absolute atomic E-state index is 13.5. The van der Waals surface area contributed by atoms with Crippen LogP contribution in [0.15, 0.2) is 47.4 Å². The SMILES string of the molecule is CCn1ccc(C(=O)N2C[C@@H](C(=O)O)[C@H](c3cccc(F)c3)C2)cc1=O. The van der Waals surface area contributed by atoms with Gasteiger partial charge in [-0.25, -0.2) is 4.39 Å². The molecule has 2 heterocycles. The molecule has 0 aliphatic carbocycles. The molecule has 7 heteroatoms. The Balaban J connectivity index is 1.87. The summed E-state index contributed by atoms with van der Waals surface area (Å²) in [6, 6.07) is 8.60. The van der Waals surface area contributed by atoms with Gasteiger partial charge in [-0.2, -0.15) is 0 Å². The normalized spacial score (nSPS) is 19.5. The van der Waals surface area contributed by atoms with E-state index in [1.54, 1.807) is 18.3 Å². The molecule has 0 spiro atoms. The van der Waals surface area contributed by atoms with Crippen molar-refractivity contribution in [2.45, 2.75) is 19.4 Å². The molecular weight excluding hydrogens is 339 g/mol. The molecule has 6 nitrogen and oxygen atoms in total. The highest BCUT2D eigenvalue weighted by molar-refractivity contribution is 5.94. The van der Waals surface area contributed by atoms with Gasteiger partial charge in [0.15, 0.2) is 0 Å². The molecule has 26 heavy (non-hydrogen) atoms. The summed E-state index contributed by atoms with van der Waals surface area (Å²) in [5.41, 5.74) is 0.492. The Morgan fingerprint density at radius 3 is 2.62 bits per heavy atom. The van der Waals surface area contributed by atoms with Crippen LogP contribution in [0.3, 0.4) is 0 Å². The smallest absolute Gasteiger partial charge is 0.308 e. The van der Waals surface area contributed by atoms with Crippen molar-refractivity contribution in [3.8, 4) is 0 Å². The molecule has 3 rings (SSSR count). The molecular formula is C19H19FN2O4. The summed E-state index contributed by atoms with van der Waals surface area (Å²) in [7, 11) is 0. The van der Waals surface area contributed by atoms with E-state index >= 15 is 0 Å². The molecule has 0 saturated carbocycles. The number of pyridine rings is 1. The number of aliphatic carboxylic acids is 1. The van der Waals surface area contributed by atoms with E-state index in [9.17, 15) is 23.9 Å². The fraction of sp³-hybridized carbons (Fsp3) is 0.316. The van der Waals surface area contributed by atoms with Crippen LogP contribution in [-0.2, 0) is 11.3 Å². The van der Waals surface area contributed by atoms with Gasteiger partial charge in [0.1, 0.15) is 5.82 Å². The Morgan fingerprint density at radius 2 is 2.00 bits per heavy atom. The molecule has 1 aromatic carbocycles. The lowest BCUT2D eigenvalue weighted by atomic mass is 9.89. The highest BCUT2D eigenvalue weighted by Gasteiger charge is 2.40. The topological polar surface area (TPSA) is 79.6 Å². The minimum atomic E-state index is -1.03. The minimum absolute atomic E-state index is 0.0200. The molecule has 2 atom stereocenters. The molecule has 0 unspecified atom stereocenters. The number of nitrogens with zero attached hydrogens (tertiary/aromatic N) is 2. The summed E-state index contributed by atoms with van der Waals surface area (Å²) in [5.74, 6) is -3.19. The first kappa shape index (κ1) is 17.8. The number of carboxylic acids is 1. The second kappa shape index (κ2) is 7.11. The van der Waals surface area contributed by atoms with Crippen molar-refractivity contribution in [1.29, 1.82) is 0 Å². The molecule has 0 bridgehead atoms. The first-order chi connectivity index (χ1) is 12.4. The summed E-state index contributed by atoms with van der Waals surface area (Å²) in [6.07, 6.45) is 1.55. The average Bonchev–Trinajstić information content (AvgIpc) is 3.06. The van der Waals surface area contributed by atoms with Crippen LogP contribution in [0.5, 0.6) is 0 Å². The maximum atomic E-state index is 13.5. The number of aromatic nitrogens is 1. The second-order valence-electron chi connectivity index (χ2n) is 6.36. The number of amides is 1. The van der Waals surface area contributed by atoms with Crippen LogP contribution in [0.25, 0.3) is 0 Å². The summed E-state index contributed by atoms with van der Waals surface area (Å²) < 4.78 is 15.0. The third-order valence-electron chi connectivity index (χ3n) is 4.78. The second-order valence-corrected chi connectivity index (χ2v) is 6.36. The largest absolute Gasteiger partial charge is 0.481 e. The molecule has 136 valence electrons. The number of halogens is 1. The zero-order valence-corrected chi connectivity index (χ0v) is 14.3. The van der Waals surface area contributed by atoms with Gasteiger partial charge in [-0.3, -0.25) is 14.4 Å². The van der Waals surface area contributed by atoms with Gasteiger partial charge in [0.25, 0.3) is 11.5 Å². The van der Waals surface area contributed by atoms with E-state index < -0.39 is 29.5 Å². The summed E-state index contributed by atoms with van der Waals surface area (Å²) >= 11 is 0. The molecule has 1 fully saturated rings. The lowest BCUT2D eigenvalue weighted by Crippen LogP contribution is -2.31. The molecule has 2 aromatic rings. The highest BCUT2D eigenvalue weighted by atomic mass is 19.1. The number of hydrogen-bond donors (Lipinski definition) is 1. The van der Waals surface area contributed by atoms with Crippen LogP contribution in [0.2, 0.25) is 0 Å². The summed E-state index contributed by atoms with van der Waals surface area (Å²) in [6.45, 7) is 2.51. The van der Waals surface area contributed by atoms with Gasteiger partial charge in [-0.15, -0.1) is 0 Å². The molecule has 1 saturated heterocycles. The van der Waals surface area contributed by atoms with Gasteiger partial charge >= 0.3 is 5.97 Å². The minimum Gasteiger partial charge on any atom is -0.481 e. The Kier molecular flexibility index (Phi) is 4.88. The molecule has 1 aromatic heterocycles. The molecule has 1 amide bonds. The Hall–Kier alpha value is -2.96. The number of carbonyl (C=O) groups is 2. The van der Waals surface area contributed by atoms with Crippen LogP contribution < -0.4 is 5.56 Å². The van der Waals surface area contributed by atoms with Crippen LogP contribution in [0.4, 0.5) is 4.39 Å². The standard InChI is InChI=1S/C19H19FN2O4/c1-2-21-7-6-13(9-17(21)23)18(24)22-10-15(16(11-22)19(25)26)12-4-3-5-14(20)8-12/h3-9,15-16H,2,10-11H2,1H3,(H,25,26)/t15-,16+/m0/s1. The zero-order chi connectivity index (χ0) is 18.8. The highest BCUT2D eigenvalue weighted by Crippen LogP contribution is 2.33. The van der Waals surface area contributed by atoms with E-state index in [-0.39, 0.29) is 24.2 Å². The van der Waals surface area contributed by atoms with E-state index in [4.69, 9.17) is 0 Å². The van der Waals surface area contributed by atoms with Crippen molar-refractivity contribution in [3.63, 3.8) is 0 Å². The van der Waals surface area contributed by atoms with E-state index in [1.807, 2.05) is 6.92 Å². The zero-order valence-electron chi connectivity index (χ0n) is 14.3. The van der Waals surface area contributed by atoms with E-state index in [0.717, 1.165) is 0 Å². The first-order valence-electron chi connectivity index (χ1n) is 8.38. The van der Waals surface area contributed by atoms with Crippen molar-refractivity contribution in [1.82, 2.24) is 9.47 Å².